The molecule has 0 aromatic carbocycles. The zero-order chi connectivity index (χ0) is 9.26. The number of nitrogens with zero attached hydrogens (tertiary/aromatic N) is 2. The van der Waals surface area contributed by atoms with Crippen molar-refractivity contribution in [3.8, 4) is 0 Å². The van der Waals surface area contributed by atoms with E-state index in [1.165, 1.54) is 11.3 Å². The maximum atomic E-state index is 5.84. The van der Waals surface area contributed by atoms with Gasteiger partial charge < -0.3 is 10.6 Å². The van der Waals surface area contributed by atoms with Crippen molar-refractivity contribution in [1.82, 2.24) is 4.98 Å². The fourth-order valence-corrected chi connectivity index (χ4v) is 1.73. The van der Waals surface area contributed by atoms with Crippen LogP contribution in [0.5, 0.6) is 0 Å². The zero-order valence-corrected chi connectivity index (χ0v) is 7.90. The average Bonchev–Trinajstić information content (AvgIpc) is 2.52. The summed E-state index contributed by atoms with van der Waals surface area (Å²) >= 11 is 0. The van der Waals surface area contributed by atoms with Gasteiger partial charge in [0.1, 0.15) is 0 Å². The van der Waals surface area contributed by atoms with E-state index in [1.54, 1.807) is 0 Å². The third-order valence-electron chi connectivity index (χ3n) is 2.45. The normalized spacial score (nSPS) is 22.3. The van der Waals surface area contributed by atoms with Crippen LogP contribution < -0.4 is 10.6 Å². The molecule has 2 rings (SSSR count). The predicted octanol–water partition coefficient (Wildman–Crippen LogP) is 0.927. The molecule has 3 nitrogen and oxygen atoms in total. The molecule has 70 valence electrons. The Morgan fingerprint density at radius 1 is 1.54 bits per heavy atom. The summed E-state index contributed by atoms with van der Waals surface area (Å²) in [7, 11) is 0. The van der Waals surface area contributed by atoms with Crippen LogP contribution in [0.25, 0.3) is 0 Å². The van der Waals surface area contributed by atoms with E-state index in [0.29, 0.717) is 6.04 Å². The Bertz CT molecular complexity index is 298. The van der Waals surface area contributed by atoms with Crippen molar-refractivity contribution in [3.05, 3.63) is 24.0 Å². The Hall–Kier alpha value is -1.09. The molecule has 0 aliphatic carbocycles. The number of anilines is 1. The second-order valence-corrected chi connectivity index (χ2v) is 3.72. The van der Waals surface area contributed by atoms with Gasteiger partial charge in [0.2, 0.25) is 0 Å². The summed E-state index contributed by atoms with van der Waals surface area (Å²) in [6.07, 6.45) is 4.87. The molecule has 0 amide bonds. The van der Waals surface area contributed by atoms with Crippen LogP contribution >= 0.6 is 0 Å². The van der Waals surface area contributed by atoms with Crippen molar-refractivity contribution < 1.29 is 0 Å². The maximum Gasteiger partial charge on any atom is 0.0555 e. The monoisotopic (exact) mass is 177 g/mol. The fraction of sp³-hybridized carbons (Fsp3) is 0.500. The fourth-order valence-electron chi connectivity index (χ4n) is 1.73. The zero-order valence-electron chi connectivity index (χ0n) is 7.90. The number of hydrogen-bond donors (Lipinski definition) is 1. The van der Waals surface area contributed by atoms with Crippen molar-refractivity contribution in [2.45, 2.75) is 19.4 Å². The molecular formula is C10H15N3. The van der Waals surface area contributed by atoms with E-state index >= 15 is 0 Å². The highest BCUT2D eigenvalue weighted by atomic mass is 15.2. The molecule has 0 bridgehead atoms. The minimum absolute atomic E-state index is 0.334. The molecule has 3 heteroatoms. The summed E-state index contributed by atoms with van der Waals surface area (Å²) in [4.78, 5) is 6.47. The molecule has 2 heterocycles. The Morgan fingerprint density at radius 2 is 2.38 bits per heavy atom. The number of aromatic nitrogens is 1. The summed E-state index contributed by atoms with van der Waals surface area (Å²) in [6, 6.07) is 2.49. The average molecular weight is 177 g/mol. The van der Waals surface area contributed by atoms with Gasteiger partial charge in [-0.25, -0.2) is 0 Å². The van der Waals surface area contributed by atoms with Crippen molar-refractivity contribution in [1.29, 1.82) is 0 Å². The quantitative estimate of drug-likeness (QED) is 0.693. The summed E-state index contributed by atoms with van der Waals surface area (Å²) in [6.45, 7) is 4.09. The number of rotatable bonds is 1. The molecule has 0 spiro atoms. The van der Waals surface area contributed by atoms with Crippen LogP contribution in [-0.2, 0) is 0 Å². The van der Waals surface area contributed by atoms with Gasteiger partial charge in [0.15, 0.2) is 0 Å². The summed E-state index contributed by atoms with van der Waals surface area (Å²) < 4.78 is 0. The van der Waals surface area contributed by atoms with Crippen LogP contribution in [0.2, 0.25) is 0 Å². The molecular weight excluding hydrogens is 162 g/mol. The maximum absolute atomic E-state index is 5.84. The topological polar surface area (TPSA) is 42.2 Å². The van der Waals surface area contributed by atoms with Crippen molar-refractivity contribution in [2.24, 2.45) is 5.73 Å². The Labute approximate surface area is 78.6 Å². The minimum atomic E-state index is 0.334. The molecule has 1 aliphatic heterocycles. The summed E-state index contributed by atoms with van der Waals surface area (Å²) in [5, 5.41) is 0. The van der Waals surface area contributed by atoms with E-state index < -0.39 is 0 Å². The molecule has 1 unspecified atom stereocenters. The van der Waals surface area contributed by atoms with Gasteiger partial charge in [-0.1, -0.05) is 0 Å². The third-order valence-corrected chi connectivity index (χ3v) is 2.45. The Kier molecular flexibility index (Phi) is 2.19. The Morgan fingerprint density at radius 3 is 3.00 bits per heavy atom. The second kappa shape index (κ2) is 3.34. The molecule has 1 atom stereocenters. The van der Waals surface area contributed by atoms with E-state index in [1.807, 2.05) is 12.4 Å². The van der Waals surface area contributed by atoms with Crippen LogP contribution in [-0.4, -0.2) is 24.1 Å². The van der Waals surface area contributed by atoms with Gasteiger partial charge >= 0.3 is 0 Å². The van der Waals surface area contributed by atoms with Crippen molar-refractivity contribution >= 4 is 5.69 Å². The smallest absolute Gasteiger partial charge is 0.0555 e. The van der Waals surface area contributed by atoms with Crippen LogP contribution in [0.1, 0.15) is 12.0 Å². The molecule has 1 fully saturated rings. The van der Waals surface area contributed by atoms with Crippen LogP contribution in [0.3, 0.4) is 0 Å². The van der Waals surface area contributed by atoms with Crippen LogP contribution in [0, 0.1) is 6.92 Å². The molecule has 1 saturated heterocycles. The first-order valence-corrected chi connectivity index (χ1v) is 4.68. The van der Waals surface area contributed by atoms with Gasteiger partial charge in [-0.2, -0.15) is 0 Å². The molecule has 2 N–H and O–H groups in total. The highest BCUT2D eigenvalue weighted by molar-refractivity contribution is 5.47. The lowest BCUT2D eigenvalue weighted by molar-refractivity contribution is 0.752. The SMILES string of the molecule is Cc1cncc(N2CCC(N)C2)c1. The van der Waals surface area contributed by atoms with E-state index in [0.717, 1.165) is 19.5 Å². The first kappa shape index (κ1) is 8.51. The van der Waals surface area contributed by atoms with E-state index in [2.05, 4.69) is 22.9 Å². The highest BCUT2D eigenvalue weighted by Crippen LogP contribution is 2.19. The van der Waals surface area contributed by atoms with Crippen molar-refractivity contribution in [3.63, 3.8) is 0 Å². The van der Waals surface area contributed by atoms with Crippen molar-refractivity contribution in [2.75, 3.05) is 18.0 Å². The number of nitrogens with two attached hydrogens (primary N) is 1. The van der Waals surface area contributed by atoms with Gasteiger partial charge in [0.25, 0.3) is 0 Å². The number of aryl methyl sites for hydroxylation is 1. The third kappa shape index (κ3) is 1.80. The number of hydrogen-bond acceptors (Lipinski definition) is 3. The molecule has 1 aliphatic rings. The van der Waals surface area contributed by atoms with E-state index in [-0.39, 0.29) is 0 Å². The minimum Gasteiger partial charge on any atom is -0.369 e. The molecule has 1 aromatic heterocycles. The highest BCUT2D eigenvalue weighted by Gasteiger charge is 2.19. The largest absolute Gasteiger partial charge is 0.369 e. The molecule has 13 heavy (non-hydrogen) atoms. The first-order chi connectivity index (χ1) is 6.25. The Balaban J connectivity index is 2.16. The predicted molar refractivity (Wildman–Crippen MR) is 53.8 cm³/mol. The van der Waals surface area contributed by atoms with Crippen LogP contribution in [0.15, 0.2) is 18.5 Å². The first-order valence-electron chi connectivity index (χ1n) is 4.68. The van der Waals surface area contributed by atoms with Gasteiger partial charge in [-0.05, 0) is 25.0 Å². The lowest BCUT2D eigenvalue weighted by Crippen LogP contribution is -2.26. The lowest BCUT2D eigenvalue weighted by Gasteiger charge is -2.17. The standard InChI is InChI=1S/C10H15N3/c1-8-4-10(6-12-5-8)13-3-2-9(11)7-13/h4-6,9H,2-3,7,11H2,1H3. The van der Waals surface area contributed by atoms with Gasteiger partial charge in [0.05, 0.1) is 11.9 Å². The summed E-state index contributed by atoms with van der Waals surface area (Å²) in [5.74, 6) is 0. The van der Waals surface area contributed by atoms with E-state index in [4.69, 9.17) is 5.73 Å². The molecule has 1 aromatic rings. The van der Waals surface area contributed by atoms with Gasteiger partial charge in [-0.15, -0.1) is 0 Å². The van der Waals surface area contributed by atoms with Crippen LogP contribution in [0.4, 0.5) is 5.69 Å². The summed E-state index contributed by atoms with van der Waals surface area (Å²) in [5.41, 5.74) is 8.25. The van der Waals surface area contributed by atoms with Gasteiger partial charge in [0, 0.05) is 25.3 Å². The molecule has 0 radical (unpaired) electrons. The lowest BCUT2D eigenvalue weighted by atomic mass is 10.3. The van der Waals surface area contributed by atoms with E-state index in [9.17, 15) is 0 Å². The van der Waals surface area contributed by atoms with Gasteiger partial charge in [-0.3, -0.25) is 4.98 Å². The molecule has 0 saturated carbocycles. The number of pyridine rings is 1. The second-order valence-electron chi connectivity index (χ2n) is 3.72.